The molecule has 25 heavy (non-hydrogen) atoms. The molecule has 4 nitrogen and oxygen atoms in total. The summed E-state index contributed by atoms with van der Waals surface area (Å²) < 4.78 is 0. The van der Waals surface area contributed by atoms with Gasteiger partial charge in [-0.05, 0) is 29.5 Å². The first-order valence-corrected chi connectivity index (χ1v) is 8.83. The lowest BCUT2D eigenvalue weighted by molar-refractivity contribution is 0.0908. The van der Waals surface area contributed by atoms with Crippen LogP contribution in [0.4, 0.5) is 0 Å². The smallest absolute Gasteiger partial charge is 0.234 e. The molecule has 0 bridgehead atoms. The second kappa shape index (κ2) is 6.63. The zero-order chi connectivity index (χ0) is 17.2. The summed E-state index contributed by atoms with van der Waals surface area (Å²) in [4.78, 5) is 6.37. The molecule has 0 spiro atoms. The van der Waals surface area contributed by atoms with E-state index in [1.165, 1.54) is 11.8 Å². The van der Waals surface area contributed by atoms with Crippen molar-refractivity contribution in [1.29, 1.82) is 0 Å². The minimum atomic E-state index is -0.288. The second-order valence-corrected chi connectivity index (χ2v) is 6.69. The van der Waals surface area contributed by atoms with Gasteiger partial charge in [0.25, 0.3) is 0 Å². The summed E-state index contributed by atoms with van der Waals surface area (Å²) in [6, 6.07) is 18.8. The molecule has 2 aromatic rings. The van der Waals surface area contributed by atoms with Crippen LogP contribution in [0, 0.1) is 0 Å². The van der Waals surface area contributed by atoms with Crippen LogP contribution in [-0.4, -0.2) is 27.4 Å². The molecule has 1 aliphatic carbocycles. The number of hydrogen-bond acceptors (Lipinski definition) is 4. The number of aliphatic hydroxyl groups excluding tert-OH is 2. The molecule has 2 N–H and O–H groups in total. The van der Waals surface area contributed by atoms with Gasteiger partial charge >= 0.3 is 0 Å². The summed E-state index contributed by atoms with van der Waals surface area (Å²) >= 11 is 0. The molecule has 0 aromatic heterocycles. The summed E-state index contributed by atoms with van der Waals surface area (Å²) in [5.74, 6) is -0.205. The van der Waals surface area contributed by atoms with E-state index in [4.69, 9.17) is 0 Å². The Morgan fingerprint density at radius 2 is 1.48 bits per heavy atom. The summed E-state index contributed by atoms with van der Waals surface area (Å²) in [6.07, 6.45) is 5.41. The van der Waals surface area contributed by atoms with Crippen LogP contribution in [0.5, 0.6) is 0 Å². The highest BCUT2D eigenvalue weighted by molar-refractivity contribution is 5.77. The minimum absolute atomic E-state index is 0.0564. The molecule has 1 aliphatic heterocycles. The Morgan fingerprint density at radius 1 is 0.840 bits per heavy atom. The van der Waals surface area contributed by atoms with Crippen LogP contribution in [0.2, 0.25) is 0 Å². The summed E-state index contributed by atoms with van der Waals surface area (Å²) in [7, 11) is 0. The highest BCUT2D eigenvalue weighted by atomic mass is 16.3. The Morgan fingerprint density at radius 3 is 2.16 bits per heavy atom. The van der Waals surface area contributed by atoms with E-state index < -0.39 is 0 Å². The third kappa shape index (κ3) is 3.00. The number of hydrogen-bond donors (Lipinski definition) is 2. The average molecular weight is 334 g/mol. The first kappa shape index (κ1) is 15.8. The zero-order valence-corrected chi connectivity index (χ0v) is 14.0. The Hall–Kier alpha value is -2.75. The van der Waals surface area contributed by atoms with Gasteiger partial charge in [0.15, 0.2) is 5.76 Å². The lowest BCUT2D eigenvalue weighted by atomic mass is 10.0. The third-order valence-electron chi connectivity index (χ3n) is 5.11. The van der Waals surface area contributed by atoms with E-state index in [0.717, 1.165) is 36.8 Å². The lowest BCUT2D eigenvalue weighted by Crippen LogP contribution is -2.38. The molecule has 128 valence electrons. The maximum atomic E-state index is 10.4. The average Bonchev–Trinajstić information content (AvgIpc) is 3.19. The molecule has 1 atom stereocenters. The van der Waals surface area contributed by atoms with Crippen LogP contribution in [0.25, 0.3) is 11.1 Å². The molecule has 2 aliphatic rings. The van der Waals surface area contributed by atoms with Gasteiger partial charge in [0.2, 0.25) is 5.88 Å². The number of aliphatic imine (C=N–C) groups is 1. The van der Waals surface area contributed by atoms with Crippen molar-refractivity contribution in [3.05, 3.63) is 71.8 Å². The summed E-state index contributed by atoms with van der Waals surface area (Å²) in [5.41, 5.74) is 3.34. The Bertz CT molecular complexity index is 790. The Kier molecular flexibility index (Phi) is 4.18. The standard InChI is InChI=1S/C21H22N2O2/c24-19-14-22-20(23(21(19)25)18-8-4-5-9-18)17-12-10-16(11-13-17)15-6-2-1-3-7-15/h1-3,6-7,10-14,18,20,24-25H,4-5,8-9H2. The second-order valence-electron chi connectivity index (χ2n) is 6.69. The van der Waals surface area contributed by atoms with Crippen LogP contribution >= 0.6 is 0 Å². The third-order valence-corrected chi connectivity index (χ3v) is 5.11. The minimum Gasteiger partial charge on any atom is -0.502 e. The molecule has 4 rings (SSSR count). The van der Waals surface area contributed by atoms with Gasteiger partial charge in [-0.15, -0.1) is 0 Å². The molecule has 1 saturated carbocycles. The number of rotatable bonds is 3. The topological polar surface area (TPSA) is 56.1 Å². The molecular weight excluding hydrogens is 312 g/mol. The predicted octanol–water partition coefficient (Wildman–Crippen LogP) is 4.97. The van der Waals surface area contributed by atoms with Crippen molar-refractivity contribution in [3.63, 3.8) is 0 Å². The van der Waals surface area contributed by atoms with Gasteiger partial charge in [-0.3, -0.25) is 4.99 Å². The number of nitrogens with zero attached hydrogens (tertiary/aromatic N) is 2. The van der Waals surface area contributed by atoms with E-state index in [0.29, 0.717) is 0 Å². The molecule has 0 amide bonds. The van der Waals surface area contributed by atoms with Gasteiger partial charge in [-0.1, -0.05) is 67.4 Å². The molecule has 1 heterocycles. The Balaban J connectivity index is 1.64. The van der Waals surface area contributed by atoms with Crippen molar-refractivity contribution >= 4 is 6.21 Å². The monoisotopic (exact) mass is 334 g/mol. The largest absolute Gasteiger partial charge is 0.502 e. The fourth-order valence-corrected chi connectivity index (χ4v) is 3.80. The Labute approximate surface area is 147 Å². The van der Waals surface area contributed by atoms with Gasteiger partial charge in [0, 0.05) is 6.04 Å². The van der Waals surface area contributed by atoms with E-state index in [1.54, 1.807) is 0 Å². The van der Waals surface area contributed by atoms with E-state index in [2.05, 4.69) is 41.4 Å². The van der Waals surface area contributed by atoms with Crippen molar-refractivity contribution in [2.24, 2.45) is 4.99 Å². The molecule has 2 aromatic carbocycles. The van der Waals surface area contributed by atoms with Crippen LogP contribution in [0.3, 0.4) is 0 Å². The molecule has 0 saturated heterocycles. The van der Waals surface area contributed by atoms with Gasteiger partial charge in [-0.2, -0.15) is 0 Å². The number of benzene rings is 2. The maximum Gasteiger partial charge on any atom is 0.234 e. The lowest BCUT2D eigenvalue weighted by Gasteiger charge is -2.37. The molecule has 1 fully saturated rings. The van der Waals surface area contributed by atoms with Crippen LogP contribution in [0.1, 0.15) is 37.4 Å². The van der Waals surface area contributed by atoms with Crippen LogP contribution in [-0.2, 0) is 0 Å². The summed E-state index contributed by atoms with van der Waals surface area (Å²) in [6.45, 7) is 0. The maximum absolute atomic E-state index is 10.4. The molecule has 0 radical (unpaired) electrons. The van der Waals surface area contributed by atoms with Gasteiger partial charge in [0.1, 0.15) is 6.17 Å². The predicted molar refractivity (Wildman–Crippen MR) is 99.5 cm³/mol. The van der Waals surface area contributed by atoms with E-state index in [-0.39, 0.29) is 23.8 Å². The first-order valence-electron chi connectivity index (χ1n) is 8.83. The zero-order valence-electron chi connectivity index (χ0n) is 14.0. The van der Waals surface area contributed by atoms with Crippen molar-refractivity contribution in [1.82, 2.24) is 4.90 Å². The van der Waals surface area contributed by atoms with E-state index >= 15 is 0 Å². The van der Waals surface area contributed by atoms with Crippen molar-refractivity contribution < 1.29 is 10.2 Å². The van der Waals surface area contributed by atoms with Crippen LogP contribution < -0.4 is 0 Å². The molecular formula is C21H22N2O2. The van der Waals surface area contributed by atoms with E-state index in [9.17, 15) is 10.2 Å². The molecule has 4 heteroatoms. The normalized spacial score (nSPS) is 21.1. The number of allylic oxidation sites excluding steroid dienone is 1. The van der Waals surface area contributed by atoms with Crippen molar-refractivity contribution in [2.75, 3.05) is 0 Å². The SMILES string of the molecule is OC1=C(O)N(C2CCCC2)C(c2ccc(-c3ccccc3)cc2)N=C1. The van der Waals surface area contributed by atoms with Gasteiger partial charge < -0.3 is 15.1 Å². The summed E-state index contributed by atoms with van der Waals surface area (Å²) in [5, 5.41) is 20.3. The number of aliphatic hydroxyl groups is 2. The van der Waals surface area contributed by atoms with Gasteiger partial charge in [0.05, 0.1) is 6.21 Å². The highest BCUT2D eigenvalue weighted by Crippen LogP contribution is 2.37. The highest BCUT2D eigenvalue weighted by Gasteiger charge is 2.34. The van der Waals surface area contributed by atoms with E-state index in [1.807, 2.05) is 23.1 Å². The molecule has 1 unspecified atom stereocenters. The van der Waals surface area contributed by atoms with Crippen LogP contribution in [0.15, 0.2) is 71.2 Å². The van der Waals surface area contributed by atoms with Crippen molar-refractivity contribution in [3.8, 4) is 11.1 Å². The first-order chi connectivity index (χ1) is 12.2. The fourth-order valence-electron chi connectivity index (χ4n) is 3.80. The quantitative estimate of drug-likeness (QED) is 0.833. The van der Waals surface area contributed by atoms with Gasteiger partial charge in [-0.25, -0.2) is 0 Å². The van der Waals surface area contributed by atoms with Crippen molar-refractivity contribution in [2.45, 2.75) is 37.9 Å². The fraction of sp³-hybridized carbons (Fsp3) is 0.286.